The van der Waals surface area contributed by atoms with Crippen molar-refractivity contribution in [3.63, 3.8) is 0 Å². The van der Waals surface area contributed by atoms with Gasteiger partial charge in [-0.25, -0.2) is 0 Å². The molecule has 1 aliphatic heterocycles. The maximum atomic E-state index is 9.51. The van der Waals surface area contributed by atoms with Gasteiger partial charge in [0.15, 0.2) is 0 Å². The van der Waals surface area contributed by atoms with Crippen molar-refractivity contribution < 1.29 is 10.2 Å². The van der Waals surface area contributed by atoms with Gasteiger partial charge in [-0.15, -0.1) is 0 Å². The number of nitrogens with zero attached hydrogens (tertiary/aromatic N) is 1. The normalized spacial score (nSPS) is 28.6. The molecule has 1 fully saturated rings. The second-order valence-electron chi connectivity index (χ2n) is 5.29. The molecule has 0 aromatic heterocycles. The van der Waals surface area contributed by atoms with Crippen LogP contribution in [0.4, 0.5) is 0 Å². The molecule has 0 bridgehead atoms. The van der Waals surface area contributed by atoms with Crippen LogP contribution in [0.2, 0.25) is 0 Å². The predicted octanol–water partition coefficient (Wildman–Crippen LogP) is 0.713. The van der Waals surface area contributed by atoms with Crippen molar-refractivity contribution in [1.82, 2.24) is 4.90 Å². The Balaban J connectivity index is 1.69. The van der Waals surface area contributed by atoms with Gasteiger partial charge in [-0.05, 0) is 36.0 Å². The number of aryl methyl sites for hydroxylation is 2. The van der Waals surface area contributed by atoms with Crippen molar-refractivity contribution >= 4 is 0 Å². The van der Waals surface area contributed by atoms with Crippen LogP contribution in [0, 0.1) is 0 Å². The fraction of sp³-hybridized carbons (Fsp3) is 0.571. The van der Waals surface area contributed by atoms with Crippen molar-refractivity contribution in [3.8, 4) is 0 Å². The van der Waals surface area contributed by atoms with Gasteiger partial charge in [-0.1, -0.05) is 18.2 Å². The lowest BCUT2D eigenvalue weighted by atomic mass is 10.1. The van der Waals surface area contributed by atoms with Crippen LogP contribution in [0.3, 0.4) is 0 Å². The van der Waals surface area contributed by atoms with Crippen LogP contribution in [-0.2, 0) is 19.4 Å². The minimum atomic E-state index is -0.579. The van der Waals surface area contributed by atoms with Crippen LogP contribution in [0.1, 0.15) is 23.1 Å². The van der Waals surface area contributed by atoms with Gasteiger partial charge in [0.1, 0.15) is 0 Å². The van der Waals surface area contributed by atoms with E-state index in [0.717, 1.165) is 6.54 Å². The first kappa shape index (κ1) is 11.2. The van der Waals surface area contributed by atoms with Crippen LogP contribution in [-0.4, -0.2) is 40.4 Å². The first-order valence-corrected chi connectivity index (χ1v) is 6.41. The molecule has 1 aromatic carbocycles. The highest BCUT2D eigenvalue weighted by Crippen LogP contribution is 2.24. The molecular formula is C14H19NO2. The maximum Gasteiger partial charge on any atom is 0.0938 e. The molecule has 0 saturated carbocycles. The quantitative estimate of drug-likeness (QED) is 0.791. The topological polar surface area (TPSA) is 43.7 Å². The summed E-state index contributed by atoms with van der Waals surface area (Å²) in [5, 5.41) is 19.0. The summed E-state index contributed by atoms with van der Waals surface area (Å²) in [4.78, 5) is 2.12. The fourth-order valence-electron chi connectivity index (χ4n) is 2.96. The average Bonchev–Trinajstić information content (AvgIpc) is 2.86. The van der Waals surface area contributed by atoms with E-state index in [4.69, 9.17) is 0 Å². The van der Waals surface area contributed by atoms with Crippen molar-refractivity contribution in [2.45, 2.75) is 38.0 Å². The second-order valence-corrected chi connectivity index (χ2v) is 5.29. The van der Waals surface area contributed by atoms with Gasteiger partial charge in [0.05, 0.1) is 12.2 Å². The summed E-state index contributed by atoms with van der Waals surface area (Å²) in [6.07, 6.45) is 2.54. The second kappa shape index (κ2) is 4.41. The SMILES string of the molecule is OC1CN(Cc2ccc3c(c2)CCC3)CC1O. The number of rotatable bonds is 2. The van der Waals surface area contributed by atoms with Crippen molar-refractivity contribution in [3.05, 3.63) is 34.9 Å². The summed E-state index contributed by atoms with van der Waals surface area (Å²) in [5.74, 6) is 0. The van der Waals surface area contributed by atoms with Crippen molar-refractivity contribution in [1.29, 1.82) is 0 Å². The molecule has 0 radical (unpaired) electrons. The van der Waals surface area contributed by atoms with E-state index in [1.807, 2.05) is 0 Å². The highest BCUT2D eigenvalue weighted by molar-refractivity contribution is 5.35. The van der Waals surface area contributed by atoms with Crippen LogP contribution in [0.5, 0.6) is 0 Å². The van der Waals surface area contributed by atoms with Crippen LogP contribution >= 0.6 is 0 Å². The highest BCUT2D eigenvalue weighted by atomic mass is 16.3. The maximum absolute atomic E-state index is 9.51. The number of fused-ring (bicyclic) bond motifs is 1. The third kappa shape index (κ3) is 2.23. The minimum absolute atomic E-state index is 0.579. The van der Waals surface area contributed by atoms with Crippen LogP contribution in [0.25, 0.3) is 0 Å². The first-order valence-electron chi connectivity index (χ1n) is 6.41. The average molecular weight is 233 g/mol. The minimum Gasteiger partial charge on any atom is -0.389 e. The van der Waals surface area contributed by atoms with E-state index in [-0.39, 0.29) is 0 Å². The third-order valence-electron chi connectivity index (χ3n) is 3.90. The number of aliphatic hydroxyl groups excluding tert-OH is 2. The standard InChI is InChI=1S/C14H19NO2/c16-13-8-15(9-14(13)17)7-10-4-5-11-2-1-3-12(11)6-10/h4-6,13-14,16-17H,1-3,7-9H2. The van der Waals surface area contributed by atoms with E-state index in [1.54, 1.807) is 0 Å². The number of benzene rings is 1. The van der Waals surface area contributed by atoms with Gasteiger partial charge >= 0.3 is 0 Å². The molecule has 1 aliphatic carbocycles. The lowest BCUT2D eigenvalue weighted by molar-refractivity contribution is 0.0572. The molecule has 3 rings (SSSR count). The van der Waals surface area contributed by atoms with Gasteiger partial charge in [0, 0.05) is 19.6 Å². The Bertz CT molecular complexity index is 409. The first-order chi connectivity index (χ1) is 8.22. The van der Waals surface area contributed by atoms with Gasteiger partial charge in [0.2, 0.25) is 0 Å². The summed E-state index contributed by atoms with van der Waals surface area (Å²) in [6, 6.07) is 6.71. The molecule has 1 saturated heterocycles. The monoisotopic (exact) mass is 233 g/mol. The Hall–Kier alpha value is -0.900. The van der Waals surface area contributed by atoms with E-state index < -0.39 is 12.2 Å². The molecular weight excluding hydrogens is 214 g/mol. The van der Waals surface area contributed by atoms with Crippen LogP contribution in [0.15, 0.2) is 18.2 Å². The molecule has 1 heterocycles. The smallest absolute Gasteiger partial charge is 0.0938 e. The summed E-state index contributed by atoms with van der Waals surface area (Å²) in [6.45, 7) is 2.00. The molecule has 0 amide bonds. The van der Waals surface area contributed by atoms with E-state index in [1.165, 1.54) is 36.0 Å². The Morgan fingerprint density at radius 1 is 1.06 bits per heavy atom. The molecule has 2 aliphatic rings. The fourth-order valence-corrected chi connectivity index (χ4v) is 2.96. The molecule has 17 heavy (non-hydrogen) atoms. The lowest BCUT2D eigenvalue weighted by Gasteiger charge is -2.15. The Morgan fingerprint density at radius 2 is 1.76 bits per heavy atom. The zero-order valence-electron chi connectivity index (χ0n) is 9.97. The summed E-state index contributed by atoms with van der Waals surface area (Å²) in [5.41, 5.74) is 4.28. The van der Waals surface area contributed by atoms with Crippen molar-refractivity contribution in [2.24, 2.45) is 0 Å². The van der Waals surface area contributed by atoms with Crippen LogP contribution < -0.4 is 0 Å². The van der Waals surface area contributed by atoms with Gasteiger partial charge in [-0.3, -0.25) is 4.90 Å². The summed E-state index contributed by atoms with van der Waals surface area (Å²) >= 11 is 0. The number of β-amino-alcohol motifs (C(OH)–C–C–N with tert-alkyl or cyclic N) is 2. The molecule has 3 nitrogen and oxygen atoms in total. The molecule has 2 N–H and O–H groups in total. The van der Waals surface area contributed by atoms with Gasteiger partial charge in [0.25, 0.3) is 0 Å². The van der Waals surface area contributed by atoms with Crippen molar-refractivity contribution in [2.75, 3.05) is 13.1 Å². The zero-order valence-corrected chi connectivity index (χ0v) is 9.97. The third-order valence-corrected chi connectivity index (χ3v) is 3.90. The summed E-state index contributed by atoms with van der Waals surface area (Å²) in [7, 11) is 0. The zero-order chi connectivity index (χ0) is 11.8. The van der Waals surface area contributed by atoms with Gasteiger partial charge < -0.3 is 10.2 Å². The number of aliphatic hydroxyl groups is 2. The van der Waals surface area contributed by atoms with E-state index in [9.17, 15) is 10.2 Å². The molecule has 0 spiro atoms. The Labute approximate surface area is 102 Å². The van der Waals surface area contributed by atoms with E-state index in [2.05, 4.69) is 23.1 Å². The lowest BCUT2D eigenvalue weighted by Crippen LogP contribution is -2.22. The number of likely N-dealkylation sites (tertiary alicyclic amines) is 1. The molecule has 92 valence electrons. The number of hydrogen-bond donors (Lipinski definition) is 2. The molecule has 3 heteroatoms. The predicted molar refractivity (Wildman–Crippen MR) is 65.8 cm³/mol. The Kier molecular flexibility index (Phi) is 2.90. The highest BCUT2D eigenvalue weighted by Gasteiger charge is 2.29. The van der Waals surface area contributed by atoms with E-state index >= 15 is 0 Å². The Morgan fingerprint density at radius 3 is 2.53 bits per heavy atom. The molecule has 1 aromatic rings. The van der Waals surface area contributed by atoms with Gasteiger partial charge in [-0.2, -0.15) is 0 Å². The van der Waals surface area contributed by atoms with E-state index in [0.29, 0.717) is 13.1 Å². The summed E-state index contributed by atoms with van der Waals surface area (Å²) < 4.78 is 0. The number of hydrogen-bond acceptors (Lipinski definition) is 3. The largest absolute Gasteiger partial charge is 0.389 e. The molecule has 2 atom stereocenters. The molecule has 2 unspecified atom stereocenters.